The summed E-state index contributed by atoms with van der Waals surface area (Å²) < 4.78 is 0. The van der Waals surface area contributed by atoms with Crippen LogP contribution in [0.5, 0.6) is 0 Å². The monoisotopic (exact) mass is 282 g/mol. The lowest BCUT2D eigenvalue weighted by molar-refractivity contribution is -0.138. The number of amides is 2. The van der Waals surface area contributed by atoms with Crippen molar-refractivity contribution in [1.82, 2.24) is 10.2 Å². The van der Waals surface area contributed by atoms with Gasteiger partial charge >= 0.3 is 12.0 Å². The summed E-state index contributed by atoms with van der Waals surface area (Å²) in [6.07, 6.45) is 5.94. The van der Waals surface area contributed by atoms with E-state index in [1.54, 1.807) is 4.90 Å². The van der Waals surface area contributed by atoms with Crippen LogP contribution in [0.1, 0.15) is 45.4 Å². The molecular formula is C15H26N2O3. The SMILES string of the molecule is CC1CCC(CNC(=O)N2CCC(CC(=O)O)C2)CC1. The molecule has 0 bridgehead atoms. The normalized spacial score (nSPS) is 30.2. The van der Waals surface area contributed by atoms with Gasteiger partial charge in [-0.05, 0) is 37.0 Å². The molecule has 1 aliphatic heterocycles. The summed E-state index contributed by atoms with van der Waals surface area (Å²) in [6, 6.07) is -0.0171. The van der Waals surface area contributed by atoms with Crippen molar-refractivity contribution in [3.05, 3.63) is 0 Å². The van der Waals surface area contributed by atoms with Crippen LogP contribution in [-0.4, -0.2) is 41.6 Å². The number of carbonyl (C=O) groups excluding carboxylic acids is 1. The molecule has 0 spiro atoms. The smallest absolute Gasteiger partial charge is 0.317 e. The van der Waals surface area contributed by atoms with E-state index in [2.05, 4.69) is 12.2 Å². The predicted molar refractivity (Wildman–Crippen MR) is 76.5 cm³/mol. The molecule has 1 heterocycles. The average molecular weight is 282 g/mol. The van der Waals surface area contributed by atoms with Crippen molar-refractivity contribution in [3.63, 3.8) is 0 Å². The van der Waals surface area contributed by atoms with Gasteiger partial charge in [0.15, 0.2) is 0 Å². The van der Waals surface area contributed by atoms with E-state index in [-0.39, 0.29) is 18.4 Å². The number of hydrogen-bond acceptors (Lipinski definition) is 2. The molecule has 2 rings (SSSR count). The minimum Gasteiger partial charge on any atom is -0.481 e. The Hall–Kier alpha value is -1.26. The molecule has 2 fully saturated rings. The lowest BCUT2D eigenvalue weighted by atomic mass is 9.83. The Balaban J connectivity index is 1.66. The Morgan fingerprint density at radius 2 is 1.85 bits per heavy atom. The van der Waals surface area contributed by atoms with E-state index in [0.29, 0.717) is 19.0 Å². The highest BCUT2D eigenvalue weighted by Crippen LogP contribution is 2.27. The molecule has 5 nitrogen and oxygen atoms in total. The highest BCUT2D eigenvalue weighted by Gasteiger charge is 2.28. The molecule has 1 atom stereocenters. The summed E-state index contributed by atoms with van der Waals surface area (Å²) in [7, 11) is 0. The summed E-state index contributed by atoms with van der Waals surface area (Å²) >= 11 is 0. The van der Waals surface area contributed by atoms with Crippen LogP contribution < -0.4 is 5.32 Å². The molecule has 1 saturated heterocycles. The molecule has 0 aromatic rings. The summed E-state index contributed by atoms with van der Waals surface area (Å²) in [4.78, 5) is 24.5. The van der Waals surface area contributed by atoms with Gasteiger partial charge in [-0.2, -0.15) is 0 Å². The van der Waals surface area contributed by atoms with Crippen molar-refractivity contribution >= 4 is 12.0 Å². The molecule has 0 aromatic carbocycles. The van der Waals surface area contributed by atoms with E-state index in [1.807, 2.05) is 0 Å². The van der Waals surface area contributed by atoms with Crippen molar-refractivity contribution in [2.75, 3.05) is 19.6 Å². The first kappa shape index (κ1) is 15.1. The lowest BCUT2D eigenvalue weighted by Gasteiger charge is -2.27. The fourth-order valence-corrected chi connectivity index (χ4v) is 3.31. The molecular weight excluding hydrogens is 256 g/mol. The highest BCUT2D eigenvalue weighted by atomic mass is 16.4. The van der Waals surface area contributed by atoms with Crippen LogP contribution in [0.2, 0.25) is 0 Å². The summed E-state index contributed by atoms with van der Waals surface area (Å²) in [5.74, 6) is 0.798. The van der Waals surface area contributed by atoms with Gasteiger partial charge in [-0.1, -0.05) is 19.8 Å². The fourth-order valence-electron chi connectivity index (χ4n) is 3.31. The van der Waals surface area contributed by atoms with Gasteiger partial charge in [0.25, 0.3) is 0 Å². The Kier molecular flexibility index (Phi) is 5.26. The number of hydrogen-bond donors (Lipinski definition) is 2. The second-order valence-electron chi connectivity index (χ2n) is 6.51. The molecule has 0 aromatic heterocycles. The Morgan fingerprint density at radius 3 is 2.50 bits per heavy atom. The molecule has 1 unspecified atom stereocenters. The molecule has 5 heteroatoms. The van der Waals surface area contributed by atoms with Gasteiger partial charge in [0, 0.05) is 26.1 Å². The van der Waals surface area contributed by atoms with E-state index >= 15 is 0 Å². The third kappa shape index (κ3) is 4.39. The quantitative estimate of drug-likeness (QED) is 0.831. The Bertz CT molecular complexity index is 351. The molecule has 0 radical (unpaired) electrons. The van der Waals surface area contributed by atoms with Gasteiger partial charge in [0.1, 0.15) is 0 Å². The molecule has 20 heavy (non-hydrogen) atoms. The predicted octanol–water partition coefficient (Wildman–Crippen LogP) is 2.32. The number of nitrogens with zero attached hydrogens (tertiary/aromatic N) is 1. The molecule has 114 valence electrons. The van der Waals surface area contributed by atoms with E-state index < -0.39 is 5.97 Å². The number of likely N-dealkylation sites (tertiary alicyclic amines) is 1. The zero-order valence-electron chi connectivity index (χ0n) is 12.3. The van der Waals surface area contributed by atoms with E-state index in [1.165, 1.54) is 25.7 Å². The highest BCUT2D eigenvalue weighted by molar-refractivity contribution is 5.74. The number of carboxylic acids is 1. The van der Waals surface area contributed by atoms with Gasteiger partial charge in [0.2, 0.25) is 0 Å². The maximum absolute atomic E-state index is 12.1. The average Bonchev–Trinajstić information content (AvgIpc) is 2.85. The lowest BCUT2D eigenvalue weighted by Crippen LogP contribution is -2.41. The van der Waals surface area contributed by atoms with Crippen LogP contribution in [0.25, 0.3) is 0 Å². The van der Waals surface area contributed by atoms with Crippen LogP contribution in [0.15, 0.2) is 0 Å². The minimum atomic E-state index is -0.770. The number of rotatable bonds is 4. The molecule has 2 N–H and O–H groups in total. The van der Waals surface area contributed by atoms with Gasteiger partial charge in [-0.3, -0.25) is 4.79 Å². The van der Waals surface area contributed by atoms with Gasteiger partial charge < -0.3 is 15.3 Å². The number of aliphatic carboxylic acids is 1. The third-order valence-electron chi connectivity index (χ3n) is 4.71. The van der Waals surface area contributed by atoms with Crippen LogP contribution in [0.3, 0.4) is 0 Å². The zero-order chi connectivity index (χ0) is 14.5. The maximum atomic E-state index is 12.1. The minimum absolute atomic E-state index is 0.0171. The Labute approximate surface area is 120 Å². The number of carboxylic acid groups (broad SMARTS) is 1. The third-order valence-corrected chi connectivity index (χ3v) is 4.71. The molecule has 2 amide bonds. The molecule has 2 aliphatic rings. The topological polar surface area (TPSA) is 69.6 Å². The second-order valence-corrected chi connectivity index (χ2v) is 6.51. The fraction of sp³-hybridized carbons (Fsp3) is 0.867. The molecule has 1 saturated carbocycles. The number of nitrogens with one attached hydrogen (secondary N) is 1. The van der Waals surface area contributed by atoms with E-state index in [9.17, 15) is 9.59 Å². The summed E-state index contributed by atoms with van der Waals surface area (Å²) in [5.41, 5.74) is 0. The first-order valence-electron chi connectivity index (χ1n) is 7.79. The van der Waals surface area contributed by atoms with Crippen LogP contribution in [-0.2, 0) is 4.79 Å². The van der Waals surface area contributed by atoms with Crippen LogP contribution in [0, 0.1) is 17.8 Å². The van der Waals surface area contributed by atoms with Crippen molar-refractivity contribution in [2.45, 2.75) is 45.4 Å². The first-order chi connectivity index (χ1) is 9.54. The summed E-state index contributed by atoms with van der Waals surface area (Å²) in [5, 5.41) is 11.8. The van der Waals surface area contributed by atoms with Gasteiger partial charge in [-0.25, -0.2) is 4.79 Å². The van der Waals surface area contributed by atoms with E-state index in [4.69, 9.17) is 5.11 Å². The van der Waals surface area contributed by atoms with Crippen molar-refractivity contribution in [1.29, 1.82) is 0 Å². The van der Waals surface area contributed by atoms with Gasteiger partial charge in [0.05, 0.1) is 0 Å². The van der Waals surface area contributed by atoms with Crippen molar-refractivity contribution in [2.24, 2.45) is 17.8 Å². The summed E-state index contributed by atoms with van der Waals surface area (Å²) in [6.45, 7) is 4.33. The van der Waals surface area contributed by atoms with Gasteiger partial charge in [-0.15, -0.1) is 0 Å². The molecule has 1 aliphatic carbocycles. The number of carbonyl (C=O) groups is 2. The largest absolute Gasteiger partial charge is 0.481 e. The second kappa shape index (κ2) is 6.95. The zero-order valence-corrected chi connectivity index (χ0v) is 12.3. The maximum Gasteiger partial charge on any atom is 0.317 e. The number of urea groups is 1. The van der Waals surface area contributed by atoms with E-state index in [0.717, 1.165) is 18.9 Å². The van der Waals surface area contributed by atoms with Crippen LogP contribution >= 0.6 is 0 Å². The Morgan fingerprint density at radius 1 is 1.15 bits per heavy atom. The van der Waals surface area contributed by atoms with Crippen molar-refractivity contribution < 1.29 is 14.7 Å². The standard InChI is InChI=1S/C15H26N2O3/c1-11-2-4-12(5-3-11)9-16-15(20)17-7-6-13(10-17)8-14(18)19/h11-13H,2-10H2,1H3,(H,16,20)(H,18,19). The first-order valence-corrected chi connectivity index (χ1v) is 7.79. The van der Waals surface area contributed by atoms with Crippen LogP contribution in [0.4, 0.5) is 4.79 Å². The van der Waals surface area contributed by atoms with Crippen molar-refractivity contribution in [3.8, 4) is 0 Å².